The molecule has 0 saturated carbocycles. The van der Waals surface area contributed by atoms with Gasteiger partial charge in [0.1, 0.15) is 12.4 Å². The molecule has 0 bridgehead atoms. The van der Waals surface area contributed by atoms with Gasteiger partial charge in [-0.2, -0.15) is 5.26 Å². The molecule has 4 nitrogen and oxygen atoms in total. The summed E-state index contributed by atoms with van der Waals surface area (Å²) in [5, 5.41) is 11.6. The van der Waals surface area contributed by atoms with Crippen LogP contribution < -0.4 is 10.1 Å². The summed E-state index contributed by atoms with van der Waals surface area (Å²) in [4.78, 5) is 11.4. The molecule has 0 aromatic heterocycles. The van der Waals surface area contributed by atoms with Crippen LogP contribution in [0.2, 0.25) is 0 Å². The minimum Gasteiger partial charge on any atom is -0.489 e. The van der Waals surface area contributed by atoms with Gasteiger partial charge >= 0.3 is 0 Å². The van der Waals surface area contributed by atoms with Crippen LogP contribution in [-0.4, -0.2) is 5.91 Å². The molecule has 2 aromatic carbocycles. The van der Waals surface area contributed by atoms with Gasteiger partial charge < -0.3 is 10.1 Å². The number of ether oxygens (including phenoxy) is 1. The van der Waals surface area contributed by atoms with E-state index in [0.29, 0.717) is 18.6 Å². The maximum Gasteiger partial charge on any atom is 0.224 e. The number of carbonyl (C=O) groups is 1. The van der Waals surface area contributed by atoms with E-state index in [1.807, 2.05) is 30.3 Å². The van der Waals surface area contributed by atoms with E-state index in [1.165, 1.54) is 0 Å². The van der Waals surface area contributed by atoms with Gasteiger partial charge in [0.05, 0.1) is 11.6 Å². The van der Waals surface area contributed by atoms with Gasteiger partial charge in [0.25, 0.3) is 0 Å². The highest BCUT2D eigenvalue weighted by molar-refractivity contribution is 5.94. The van der Waals surface area contributed by atoms with Crippen molar-refractivity contribution in [1.29, 1.82) is 5.26 Å². The lowest BCUT2D eigenvalue weighted by Gasteiger charge is -2.17. The molecule has 104 valence electrons. The lowest BCUT2D eigenvalue weighted by atomic mass is 10.0. The predicted octanol–water partition coefficient (Wildman–Crippen LogP) is 3.02. The van der Waals surface area contributed by atoms with Crippen molar-refractivity contribution in [2.45, 2.75) is 19.4 Å². The largest absolute Gasteiger partial charge is 0.489 e. The Morgan fingerprint density at radius 1 is 1.14 bits per heavy atom. The van der Waals surface area contributed by atoms with Crippen molar-refractivity contribution in [3.63, 3.8) is 0 Å². The fourth-order valence-corrected chi connectivity index (χ4v) is 2.28. The maximum atomic E-state index is 11.4. The maximum absolute atomic E-state index is 11.4. The number of fused-ring (bicyclic) bond motifs is 1. The van der Waals surface area contributed by atoms with Crippen LogP contribution in [-0.2, 0) is 17.8 Å². The molecule has 0 aliphatic carbocycles. The number of benzene rings is 2. The third-order valence-electron chi connectivity index (χ3n) is 3.47. The molecule has 2 aromatic rings. The van der Waals surface area contributed by atoms with Crippen LogP contribution in [0, 0.1) is 11.3 Å². The number of aryl methyl sites for hydroxylation is 1. The summed E-state index contributed by atoms with van der Waals surface area (Å²) in [5.74, 6) is 0.770. The van der Waals surface area contributed by atoms with E-state index in [-0.39, 0.29) is 5.91 Å². The summed E-state index contributed by atoms with van der Waals surface area (Å²) >= 11 is 0. The van der Waals surface area contributed by atoms with E-state index in [4.69, 9.17) is 10.00 Å². The first-order chi connectivity index (χ1) is 10.2. The van der Waals surface area contributed by atoms with Crippen molar-refractivity contribution >= 4 is 11.6 Å². The average Bonchev–Trinajstić information content (AvgIpc) is 2.53. The monoisotopic (exact) mass is 278 g/mol. The number of rotatable bonds is 3. The second-order valence-electron chi connectivity index (χ2n) is 4.96. The molecule has 1 N–H and O–H groups in total. The molecule has 1 aliphatic heterocycles. The third kappa shape index (κ3) is 3.03. The minimum atomic E-state index is 0.0479. The van der Waals surface area contributed by atoms with Crippen molar-refractivity contribution in [3.05, 3.63) is 59.2 Å². The Morgan fingerprint density at radius 3 is 2.71 bits per heavy atom. The second-order valence-corrected chi connectivity index (χ2v) is 4.96. The molecule has 0 atom stereocenters. The van der Waals surface area contributed by atoms with Crippen molar-refractivity contribution < 1.29 is 9.53 Å². The van der Waals surface area contributed by atoms with E-state index < -0.39 is 0 Å². The Morgan fingerprint density at radius 2 is 1.95 bits per heavy atom. The smallest absolute Gasteiger partial charge is 0.224 e. The number of hydrogen-bond donors (Lipinski definition) is 1. The van der Waals surface area contributed by atoms with Gasteiger partial charge in [-0.3, -0.25) is 4.79 Å². The molecule has 4 heteroatoms. The summed E-state index contributed by atoms with van der Waals surface area (Å²) in [6, 6.07) is 15.1. The number of carbonyl (C=O) groups excluding carboxylic acids is 1. The number of amides is 1. The SMILES string of the molecule is N#Cc1ccc(COc2ccc3c(c2)NC(=O)CC3)cc1. The van der Waals surface area contributed by atoms with Crippen LogP contribution in [0.5, 0.6) is 5.75 Å². The standard InChI is InChI=1S/C17H14N2O2/c18-10-12-1-3-13(4-2-12)11-21-15-7-5-14-6-8-17(20)19-16(14)9-15/h1-5,7,9H,6,8,11H2,(H,19,20). The second kappa shape index (κ2) is 5.68. The van der Waals surface area contributed by atoms with E-state index in [1.54, 1.807) is 12.1 Å². The highest BCUT2D eigenvalue weighted by Crippen LogP contribution is 2.27. The minimum absolute atomic E-state index is 0.0479. The van der Waals surface area contributed by atoms with Gasteiger partial charge in [-0.05, 0) is 35.7 Å². The first-order valence-electron chi connectivity index (χ1n) is 6.79. The molecule has 0 spiro atoms. The third-order valence-corrected chi connectivity index (χ3v) is 3.47. The molecule has 1 heterocycles. The Bertz CT molecular complexity index is 715. The number of nitrogens with zero attached hydrogens (tertiary/aromatic N) is 1. The number of nitrogens with one attached hydrogen (secondary N) is 1. The Hall–Kier alpha value is -2.80. The van der Waals surface area contributed by atoms with Gasteiger partial charge in [-0.25, -0.2) is 0 Å². The summed E-state index contributed by atoms with van der Waals surface area (Å²) < 4.78 is 5.73. The first-order valence-corrected chi connectivity index (χ1v) is 6.79. The predicted molar refractivity (Wildman–Crippen MR) is 78.9 cm³/mol. The Kier molecular flexibility index (Phi) is 3.57. The van der Waals surface area contributed by atoms with Crippen LogP contribution in [0.4, 0.5) is 5.69 Å². The van der Waals surface area contributed by atoms with E-state index >= 15 is 0 Å². The zero-order chi connectivity index (χ0) is 14.7. The highest BCUT2D eigenvalue weighted by Gasteiger charge is 2.14. The van der Waals surface area contributed by atoms with Gasteiger partial charge in [-0.15, -0.1) is 0 Å². The summed E-state index contributed by atoms with van der Waals surface area (Å²) in [6.45, 7) is 0.429. The van der Waals surface area contributed by atoms with E-state index in [2.05, 4.69) is 11.4 Å². The molecular formula is C17H14N2O2. The lowest BCUT2D eigenvalue weighted by Crippen LogP contribution is -2.18. The van der Waals surface area contributed by atoms with Crippen LogP contribution in [0.15, 0.2) is 42.5 Å². The number of hydrogen-bond acceptors (Lipinski definition) is 3. The van der Waals surface area contributed by atoms with Crippen molar-refractivity contribution in [3.8, 4) is 11.8 Å². The van der Waals surface area contributed by atoms with Gasteiger partial charge in [0, 0.05) is 18.2 Å². The lowest BCUT2D eigenvalue weighted by molar-refractivity contribution is -0.116. The molecular weight excluding hydrogens is 264 g/mol. The molecule has 1 amide bonds. The van der Waals surface area contributed by atoms with E-state index in [9.17, 15) is 4.79 Å². The van der Waals surface area contributed by atoms with Crippen molar-refractivity contribution in [2.24, 2.45) is 0 Å². The molecule has 21 heavy (non-hydrogen) atoms. The molecule has 3 rings (SSSR count). The molecule has 0 saturated heterocycles. The van der Waals surface area contributed by atoms with Crippen LogP contribution in [0.3, 0.4) is 0 Å². The summed E-state index contributed by atoms with van der Waals surface area (Å²) in [7, 11) is 0. The quantitative estimate of drug-likeness (QED) is 0.938. The molecule has 0 fully saturated rings. The topological polar surface area (TPSA) is 62.1 Å². The van der Waals surface area contributed by atoms with Crippen molar-refractivity contribution in [1.82, 2.24) is 0 Å². The fraction of sp³-hybridized carbons (Fsp3) is 0.176. The molecule has 1 aliphatic rings. The number of nitriles is 1. The highest BCUT2D eigenvalue weighted by atomic mass is 16.5. The van der Waals surface area contributed by atoms with E-state index in [0.717, 1.165) is 29.0 Å². The Labute approximate surface area is 123 Å². The summed E-state index contributed by atoms with van der Waals surface area (Å²) in [5.41, 5.74) is 3.61. The van der Waals surface area contributed by atoms with Crippen LogP contribution in [0.25, 0.3) is 0 Å². The van der Waals surface area contributed by atoms with Crippen molar-refractivity contribution in [2.75, 3.05) is 5.32 Å². The Balaban J connectivity index is 1.69. The van der Waals surface area contributed by atoms with Crippen LogP contribution >= 0.6 is 0 Å². The number of anilines is 1. The first kappa shape index (κ1) is 13.2. The van der Waals surface area contributed by atoms with Gasteiger partial charge in [-0.1, -0.05) is 18.2 Å². The van der Waals surface area contributed by atoms with Gasteiger partial charge in [0.15, 0.2) is 0 Å². The molecule has 0 radical (unpaired) electrons. The van der Waals surface area contributed by atoms with Gasteiger partial charge in [0.2, 0.25) is 5.91 Å². The van der Waals surface area contributed by atoms with Crippen LogP contribution in [0.1, 0.15) is 23.1 Å². The zero-order valence-electron chi connectivity index (χ0n) is 11.4. The molecule has 0 unspecified atom stereocenters. The zero-order valence-corrected chi connectivity index (χ0v) is 11.4. The average molecular weight is 278 g/mol. The fourth-order valence-electron chi connectivity index (χ4n) is 2.28. The summed E-state index contributed by atoms with van der Waals surface area (Å²) in [6.07, 6.45) is 1.31. The normalized spacial score (nSPS) is 13.0.